The minimum Gasteiger partial charge on any atom is -0.478 e. The topological polar surface area (TPSA) is 70.9 Å². The van der Waals surface area contributed by atoms with Gasteiger partial charge in [-0.3, -0.25) is 0 Å². The molecule has 1 unspecified atom stereocenters. The molecule has 0 spiro atoms. The number of oxime groups is 1. The van der Waals surface area contributed by atoms with Gasteiger partial charge in [-0.05, 0) is 23.6 Å². The van der Waals surface area contributed by atoms with Crippen LogP contribution in [0.15, 0.2) is 46.9 Å². The van der Waals surface area contributed by atoms with Crippen LogP contribution in [-0.4, -0.2) is 16.9 Å². The molecule has 0 saturated carbocycles. The highest BCUT2D eigenvalue weighted by atomic mass is 32.1. The average Bonchev–Trinajstić information content (AvgIpc) is 3.09. The maximum Gasteiger partial charge on any atom is 0.335 e. The Morgan fingerprint density at radius 1 is 1.37 bits per heavy atom. The number of aromatic carboxylic acids is 1. The molecular weight excluding hydrogens is 264 g/mol. The number of carboxylic acid groups (broad SMARTS) is 1. The SMILES string of the molecule is O=C(O)c1cccc(C2=NOC(c3cccs3)N2)c1. The van der Waals surface area contributed by atoms with Crippen molar-refractivity contribution in [2.24, 2.45) is 5.16 Å². The van der Waals surface area contributed by atoms with Crippen LogP contribution in [0.3, 0.4) is 0 Å². The van der Waals surface area contributed by atoms with E-state index in [2.05, 4.69) is 10.5 Å². The molecular formula is C13H10N2O3S. The number of carbonyl (C=O) groups is 1. The van der Waals surface area contributed by atoms with E-state index in [0.29, 0.717) is 11.4 Å². The molecule has 0 amide bonds. The fourth-order valence-electron chi connectivity index (χ4n) is 1.78. The van der Waals surface area contributed by atoms with Crippen LogP contribution in [0, 0.1) is 0 Å². The Kier molecular flexibility index (Phi) is 2.92. The lowest BCUT2D eigenvalue weighted by atomic mass is 10.1. The van der Waals surface area contributed by atoms with E-state index in [1.54, 1.807) is 35.6 Å². The summed E-state index contributed by atoms with van der Waals surface area (Å²) in [5.74, 6) is -0.419. The summed E-state index contributed by atoms with van der Waals surface area (Å²) in [7, 11) is 0. The van der Waals surface area contributed by atoms with Crippen molar-refractivity contribution < 1.29 is 14.7 Å². The van der Waals surface area contributed by atoms with Gasteiger partial charge in [0, 0.05) is 5.56 Å². The fraction of sp³-hybridized carbons (Fsp3) is 0.0769. The van der Waals surface area contributed by atoms with Gasteiger partial charge < -0.3 is 15.3 Å². The number of nitrogens with one attached hydrogen (secondary N) is 1. The maximum atomic E-state index is 10.9. The van der Waals surface area contributed by atoms with Gasteiger partial charge in [-0.25, -0.2) is 4.79 Å². The smallest absolute Gasteiger partial charge is 0.335 e. The van der Waals surface area contributed by atoms with Crippen molar-refractivity contribution in [3.8, 4) is 0 Å². The van der Waals surface area contributed by atoms with Crippen molar-refractivity contribution in [3.63, 3.8) is 0 Å². The predicted molar refractivity (Wildman–Crippen MR) is 71.2 cm³/mol. The molecule has 2 N–H and O–H groups in total. The Hall–Kier alpha value is -2.34. The molecule has 1 atom stereocenters. The third-order valence-electron chi connectivity index (χ3n) is 2.70. The van der Waals surface area contributed by atoms with Gasteiger partial charge in [0.15, 0.2) is 5.84 Å². The van der Waals surface area contributed by atoms with Crippen molar-refractivity contribution in [2.75, 3.05) is 0 Å². The van der Waals surface area contributed by atoms with Gasteiger partial charge in [0.2, 0.25) is 6.23 Å². The summed E-state index contributed by atoms with van der Waals surface area (Å²) in [6.07, 6.45) is -0.302. The van der Waals surface area contributed by atoms with Gasteiger partial charge in [-0.2, -0.15) is 0 Å². The highest BCUT2D eigenvalue weighted by Gasteiger charge is 2.23. The average molecular weight is 274 g/mol. The molecule has 6 heteroatoms. The normalized spacial score (nSPS) is 17.5. The first kappa shape index (κ1) is 11.7. The molecule has 1 aliphatic heterocycles. The third-order valence-corrected chi connectivity index (χ3v) is 3.62. The molecule has 1 aromatic carbocycles. The van der Waals surface area contributed by atoms with Crippen molar-refractivity contribution >= 4 is 23.1 Å². The Bertz CT molecular complexity index is 637. The van der Waals surface area contributed by atoms with Crippen LogP contribution in [0.1, 0.15) is 27.0 Å². The Morgan fingerprint density at radius 2 is 2.26 bits per heavy atom. The summed E-state index contributed by atoms with van der Waals surface area (Å²) >= 11 is 1.57. The zero-order valence-corrected chi connectivity index (χ0v) is 10.6. The molecule has 3 rings (SSSR count). The number of hydrogen-bond acceptors (Lipinski definition) is 5. The monoisotopic (exact) mass is 274 g/mol. The predicted octanol–water partition coefficient (Wildman–Crippen LogP) is 2.43. The van der Waals surface area contributed by atoms with Crippen LogP contribution in [0.5, 0.6) is 0 Å². The first-order valence-corrected chi connectivity index (χ1v) is 6.49. The van der Waals surface area contributed by atoms with Gasteiger partial charge in [0.05, 0.1) is 10.4 Å². The largest absolute Gasteiger partial charge is 0.478 e. The summed E-state index contributed by atoms with van der Waals surface area (Å²) < 4.78 is 0. The van der Waals surface area contributed by atoms with Gasteiger partial charge >= 0.3 is 5.97 Å². The van der Waals surface area contributed by atoms with Gasteiger partial charge in [-0.1, -0.05) is 23.4 Å². The zero-order valence-electron chi connectivity index (χ0n) is 9.74. The molecule has 0 aliphatic carbocycles. The molecule has 1 aliphatic rings. The molecule has 2 heterocycles. The number of rotatable bonds is 3. The number of benzene rings is 1. The summed E-state index contributed by atoms with van der Waals surface area (Å²) in [5, 5.41) is 18.0. The first-order valence-electron chi connectivity index (χ1n) is 5.61. The maximum absolute atomic E-state index is 10.9. The summed E-state index contributed by atoms with van der Waals surface area (Å²) in [5.41, 5.74) is 0.917. The molecule has 96 valence electrons. The zero-order chi connectivity index (χ0) is 13.2. The third kappa shape index (κ3) is 2.30. The standard InChI is InChI=1S/C13H10N2O3S/c16-13(17)9-4-1-3-8(7-9)11-14-12(18-15-11)10-5-2-6-19-10/h1-7,12H,(H,14,15)(H,16,17). The molecule has 2 aromatic rings. The van der Waals surface area contributed by atoms with Crippen molar-refractivity contribution in [2.45, 2.75) is 6.23 Å². The highest BCUT2D eigenvalue weighted by molar-refractivity contribution is 7.10. The Balaban J connectivity index is 1.81. The van der Waals surface area contributed by atoms with Gasteiger partial charge in [0.1, 0.15) is 0 Å². The van der Waals surface area contributed by atoms with E-state index in [-0.39, 0.29) is 11.8 Å². The Labute approximate surface area is 113 Å². The molecule has 0 radical (unpaired) electrons. The lowest BCUT2D eigenvalue weighted by Crippen LogP contribution is -2.23. The lowest BCUT2D eigenvalue weighted by Gasteiger charge is -2.07. The molecule has 0 saturated heterocycles. The lowest BCUT2D eigenvalue weighted by molar-refractivity contribution is 0.0696. The number of hydrogen-bond donors (Lipinski definition) is 2. The quantitative estimate of drug-likeness (QED) is 0.901. The summed E-state index contributed by atoms with van der Waals surface area (Å²) in [4.78, 5) is 17.3. The second kappa shape index (κ2) is 4.74. The van der Waals surface area contributed by atoms with Crippen LogP contribution in [0.2, 0.25) is 0 Å². The minimum absolute atomic E-state index is 0.224. The first-order chi connectivity index (χ1) is 9.24. The van der Waals surface area contributed by atoms with E-state index >= 15 is 0 Å². The highest BCUT2D eigenvalue weighted by Crippen LogP contribution is 2.24. The number of nitrogens with zero attached hydrogens (tertiary/aromatic N) is 1. The van der Waals surface area contributed by atoms with E-state index in [1.165, 1.54) is 0 Å². The molecule has 19 heavy (non-hydrogen) atoms. The van der Waals surface area contributed by atoms with Crippen LogP contribution in [0.4, 0.5) is 0 Å². The number of thiophene rings is 1. The van der Waals surface area contributed by atoms with Crippen molar-refractivity contribution in [1.29, 1.82) is 0 Å². The van der Waals surface area contributed by atoms with Crippen LogP contribution in [-0.2, 0) is 4.84 Å². The minimum atomic E-state index is -0.962. The second-order valence-corrected chi connectivity index (χ2v) is 4.95. The van der Waals surface area contributed by atoms with E-state index in [0.717, 1.165) is 4.88 Å². The van der Waals surface area contributed by atoms with E-state index < -0.39 is 5.97 Å². The Morgan fingerprint density at radius 3 is 3.00 bits per heavy atom. The molecule has 0 bridgehead atoms. The van der Waals surface area contributed by atoms with Crippen molar-refractivity contribution in [3.05, 3.63) is 57.8 Å². The summed E-state index contributed by atoms with van der Waals surface area (Å²) in [6, 6.07) is 10.5. The van der Waals surface area contributed by atoms with Gasteiger partial charge in [0.25, 0.3) is 0 Å². The van der Waals surface area contributed by atoms with Gasteiger partial charge in [-0.15, -0.1) is 11.3 Å². The van der Waals surface area contributed by atoms with Crippen LogP contribution < -0.4 is 5.32 Å². The second-order valence-electron chi connectivity index (χ2n) is 3.97. The van der Waals surface area contributed by atoms with Crippen molar-refractivity contribution in [1.82, 2.24) is 5.32 Å². The number of carboxylic acids is 1. The molecule has 0 fully saturated rings. The summed E-state index contributed by atoms with van der Waals surface area (Å²) in [6.45, 7) is 0. The van der Waals surface area contributed by atoms with E-state index in [4.69, 9.17) is 9.94 Å². The fourth-order valence-corrected chi connectivity index (χ4v) is 2.48. The molecule has 5 nitrogen and oxygen atoms in total. The van der Waals surface area contributed by atoms with E-state index in [9.17, 15) is 4.79 Å². The van der Waals surface area contributed by atoms with Crippen LogP contribution >= 0.6 is 11.3 Å². The van der Waals surface area contributed by atoms with E-state index in [1.807, 2.05) is 17.5 Å². The molecule has 1 aromatic heterocycles. The number of amidine groups is 1. The van der Waals surface area contributed by atoms with Crippen LogP contribution in [0.25, 0.3) is 0 Å².